The third-order valence-corrected chi connectivity index (χ3v) is 5.15. The van der Waals surface area contributed by atoms with Crippen LogP contribution in [0.15, 0.2) is 83.3 Å². The summed E-state index contributed by atoms with van der Waals surface area (Å²) in [6.45, 7) is 1.84. The second kappa shape index (κ2) is 10.0. The Labute approximate surface area is 206 Å². The number of aromatic nitrogens is 5. The monoisotopic (exact) mass is 479 g/mol. The SMILES string of the molecule is Cc1ccc(-c2nnc(-c3ccc(C(=O)OCc4nc(N)nc(Nc5ccccc5)n4)cc3)o2)cc1. The molecule has 10 heteroatoms. The number of benzene rings is 3. The number of carbonyl (C=O) groups is 1. The maximum Gasteiger partial charge on any atom is 0.338 e. The first-order chi connectivity index (χ1) is 17.5. The number of nitrogen functional groups attached to an aromatic ring is 1. The molecule has 0 atom stereocenters. The van der Waals surface area contributed by atoms with Gasteiger partial charge in [0.1, 0.15) is 0 Å². The minimum Gasteiger partial charge on any atom is -0.454 e. The number of anilines is 3. The van der Waals surface area contributed by atoms with Crippen LogP contribution in [0.25, 0.3) is 22.9 Å². The second-order valence-electron chi connectivity index (χ2n) is 7.86. The molecular formula is C26H21N7O3. The standard InChI is InChI=1S/C26H21N7O3/c1-16-7-9-17(10-8-16)22-32-33-23(36-22)18-11-13-19(14-12-18)24(34)35-15-21-29-25(27)31-26(30-21)28-20-5-3-2-4-6-20/h2-14H,15H2,1H3,(H3,27,28,29,30,31). The van der Waals surface area contributed by atoms with Gasteiger partial charge in [0.25, 0.3) is 0 Å². The van der Waals surface area contributed by atoms with Gasteiger partial charge >= 0.3 is 5.97 Å². The normalized spacial score (nSPS) is 10.7. The average molecular weight is 480 g/mol. The summed E-state index contributed by atoms with van der Waals surface area (Å²) in [7, 11) is 0. The maximum atomic E-state index is 12.6. The van der Waals surface area contributed by atoms with Crippen molar-refractivity contribution in [2.75, 3.05) is 11.1 Å². The Kier molecular flexibility index (Phi) is 6.31. The van der Waals surface area contributed by atoms with Crippen molar-refractivity contribution in [1.29, 1.82) is 0 Å². The number of hydrogen-bond acceptors (Lipinski definition) is 10. The minimum atomic E-state index is -0.538. The summed E-state index contributed by atoms with van der Waals surface area (Å²) in [5, 5.41) is 11.3. The van der Waals surface area contributed by atoms with Crippen molar-refractivity contribution >= 4 is 23.6 Å². The fourth-order valence-corrected chi connectivity index (χ4v) is 3.32. The number of ether oxygens (including phenoxy) is 1. The van der Waals surface area contributed by atoms with Crippen molar-refractivity contribution < 1.29 is 13.9 Å². The number of esters is 1. The van der Waals surface area contributed by atoms with E-state index in [4.69, 9.17) is 14.9 Å². The zero-order valence-electron chi connectivity index (χ0n) is 19.3. The van der Waals surface area contributed by atoms with Crippen LogP contribution in [0, 0.1) is 6.92 Å². The van der Waals surface area contributed by atoms with Crippen LogP contribution in [0.3, 0.4) is 0 Å². The Hall–Kier alpha value is -5.12. The Morgan fingerprint density at radius 1 is 0.861 bits per heavy atom. The molecule has 178 valence electrons. The molecule has 0 saturated heterocycles. The molecular weight excluding hydrogens is 458 g/mol. The predicted molar refractivity (Wildman–Crippen MR) is 133 cm³/mol. The summed E-state index contributed by atoms with van der Waals surface area (Å²) in [5.74, 6) is 0.734. The lowest BCUT2D eigenvalue weighted by Crippen LogP contribution is -2.11. The third kappa shape index (κ3) is 5.33. The van der Waals surface area contributed by atoms with E-state index in [0.717, 1.165) is 16.8 Å². The highest BCUT2D eigenvalue weighted by molar-refractivity contribution is 5.89. The molecule has 0 aliphatic carbocycles. The summed E-state index contributed by atoms with van der Waals surface area (Å²) in [6, 6.07) is 23.9. The molecule has 3 N–H and O–H groups in total. The van der Waals surface area contributed by atoms with Gasteiger partial charge in [-0.2, -0.15) is 15.0 Å². The van der Waals surface area contributed by atoms with Gasteiger partial charge in [0.05, 0.1) is 5.56 Å². The van der Waals surface area contributed by atoms with Crippen LogP contribution in [-0.2, 0) is 11.3 Å². The molecule has 5 rings (SSSR count). The number of aryl methyl sites for hydroxylation is 1. The van der Waals surface area contributed by atoms with Gasteiger partial charge < -0.3 is 20.2 Å². The lowest BCUT2D eigenvalue weighted by molar-refractivity contribution is 0.0462. The predicted octanol–water partition coefficient (Wildman–Crippen LogP) is 4.58. The van der Waals surface area contributed by atoms with Crippen molar-refractivity contribution in [3.05, 3.63) is 95.8 Å². The number of nitrogens with two attached hydrogens (primary N) is 1. The molecule has 0 spiro atoms. The summed E-state index contributed by atoms with van der Waals surface area (Å²) in [6.07, 6.45) is 0. The summed E-state index contributed by atoms with van der Waals surface area (Å²) in [4.78, 5) is 24.9. The van der Waals surface area contributed by atoms with E-state index in [-0.39, 0.29) is 24.3 Å². The Morgan fingerprint density at radius 3 is 2.17 bits per heavy atom. The first kappa shape index (κ1) is 22.7. The Balaban J connectivity index is 1.23. The van der Waals surface area contributed by atoms with Crippen molar-refractivity contribution in [2.24, 2.45) is 0 Å². The number of rotatable bonds is 7. The van der Waals surface area contributed by atoms with Gasteiger partial charge in [-0.3, -0.25) is 0 Å². The average Bonchev–Trinajstić information content (AvgIpc) is 3.38. The Bertz CT molecular complexity index is 1480. The summed E-state index contributed by atoms with van der Waals surface area (Å²) in [5.41, 5.74) is 9.58. The number of para-hydroxylation sites is 1. The molecule has 0 bridgehead atoms. The molecule has 2 aromatic heterocycles. The van der Waals surface area contributed by atoms with Gasteiger partial charge in [0, 0.05) is 16.8 Å². The highest BCUT2D eigenvalue weighted by Crippen LogP contribution is 2.24. The maximum absolute atomic E-state index is 12.6. The molecule has 0 amide bonds. The number of carbonyl (C=O) groups excluding carboxylic acids is 1. The second-order valence-corrected chi connectivity index (χ2v) is 7.86. The van der Waals surface area contributed by atoms with Gasteiger partial charge in [-0.15, -0.1) is 10.2 Å². The van der Waals surface area contributed by atoms with E-state index >= 15 is 0 Å². The number of hydrogen-bond donors (Lipinski definition) is 2. The van der Waals surface area contributed by atoms with E-state index in [9.17, 15) is 4.79 Å². The van der Waals surface area contributed by atoms with Crippen LogP contribution in [0.1, 0.15) is 21.7 Å². The molecule has 0 aliphatic heterocycles. The molecule has 2 heterocycles. The van der Waals surface area contributed by atoms with E-state index in [1.165, 1.54) is 0 Å². The first-order valence-electron chi connectivity index (χ1n) is 11.0. The highest BCUT2D eigenvalue weighted by Gasteiger charge is 2.14. The van der Waals surface area contributed by atoms with E-state index in [2.05, 4.69) is 30.5 Å². The highest BCUT2D eigenvalue weighted by atomic mass is 16.5. The van der Waals surface area contributed by atoms with Crippen LogP contribution in [0.5, 0.6) is 0 Å². The fraction of sp³-hybridized carbons (Fsp3) is 0.0769. The van der Waals surface area contributed by atoms with Gasteiger partial charge in [-0.1, -0.05) is 35.9 Å². The van der Waals surface area contributed by atoms with Gasteiger partial charge in [-0.05, 0) is 55.5 Å². The molecule has 0 fully saturated rings. The zero-order valence-corrected chi connectivity index (χ0v) is 19.3. The third-order valence-electron chi connectivity index (χ3n) is 5.15. The first-order valence-corrected chi connectivity index (χ1v) is 11.0. The molecule has 10 nitrogen and oxygen atoms in total. The van der Waals surface area contributed by atoms with Crippen LogP contribution in [-0.4, -0.2) is 31.1 Å². The number of nitrogens with zero attached hydrogens (tertiary/aromatic N) is 5. The van der Waals surface area contributed by atoms with E-state index in [1.54, 1.807) is 24.3 Å². The molecule has 0 aliphatic rings. The number of nitrogens with one attached hydrogen (secondary N) is 1. The van der Waals surface area contributed by atoms with Gasteiger partial charge in [0.2, 0.25) is 23.7 Å². The lowest BCUT2D eigenvalue weighted by atomic mass is 10.1. The zero-order chi connectivity index (χ0) is 24.9. The molecule has 0 unspecified atom stereocenters. The lowest BCUT2D eigenvalue weighted by Gasteiger charge is -2.08. The quantitative estimate of drug-likeness (QED) is 0.318. The largest absolute Gasteiger partial charge is 0.454 e. The van der Waals surface area contributed by atoms with Crippen molar-refractivity contribution in [3.8, 4) is 22.9 Å². The molecule has 3 aromatic carbocycles. The smallest absolute Gasteiger partial charge is 0.338 e. The van der Waals surface area contributed by atoms with Crippen LogP contribution in [0.4, 0.5) is 17.6 Å². The van der Waals surface area contributed by atoms with Gasteiger partial charge in [-0.25, -0.2) is 4.79 Å². The van der Waals surface area contributed by atoms with Crippen LogP contribution in [0.2, 0.25) is 0 Å². The Morgan fingerprint density at radius 2 is 1.50 bits per heavy atom. The van der Waals surface area contributed by atoms with Crippen molar-refractivity contribution in [3.63, 3.8) is 0 Å². The molecule has 0 saturated carbocycles. The van der Waals surface area contributed by atoms with Crippen LogP contribution < -0.4 is 11.1 Å². The molecule has 0 radical (unpaired) electrons. The van der Waals surface area contributed by atoms with E-state index in [1.807, 2.05) is 61.5 Å². The van der Waals surface area contributed by atoms with E-state index in [0.29, 0.717) is 22.9 Å². The molecule has 36 heavy (non-hydrogen) atoms. The topological polar surface area (TPSA) is 142 Å². The van der Waals surface area contributed by atoms with Gasteiger partial charge in [0.15, 0.2) is 12.4 Å². The van der Waals surface area contributed by atoms with Crippen LogP contribution >= 0.6 is 0 Å². The van der Waals surface area contributed by atoms with Crippen molar-refractivity contribution in [1.82, 2.24) is 25.1 Å². The fourth-order valence-electron chi connectivity index (χ4n) is 3.32. The molecule has 5 aromatic rings. The summed E-state index contributed by atoms with van der Waals surface area (Å²) >= 11 is 0. The van der Waals surface area contributed by atoms with Crippen molar-refractivity contribution in [2.45, 2.75) is 13.5 Å². The minimum absolute atomic E-state index is 0.0170. The van der Waals surface area contributed by atoms with E-state index < -0.39 is 5.97 Å². The summed E-state index contributed by atoms with van der Waals surface area (Å²) < 4.78 is 11.2.